The molecule has 0 spiro atoms. The van der Waals surface area contributed by atoms with Crippen LogP contribution in [0.15, 0.2) is 65.5 Å². The summed E-state index contributed by atoms with van der Waals surface area (Å²) in [5.41, 5.74) is 1.25. The van der Waals surface area contributed by atoms with E-state index in [4.69, 9.17) is 21.1 Å². The molecule has 2 aromatic carbocycles. The van der Waals surface area contributed by atoms with Gasteiger partial charge in [-0.3, -0.25) is 9.59 Å². The number of amides is 1. The Morgan fingerprint density at radius 1 is 1.00 bits per heavy atom. The number of halogens is 1. The van der Waals surface area contributed by atoms with Gasteiger partial charge in [-0.25, -0.2) is 4.68 Å². The highest BCUT2D eigenvalue weighted by Crippen LogP contribution is 2.18. The topological polar surface area (TPSA) is 82.4 Å². The molecule has 0 atom stereocenters. The molecule has 0 fully saturated rings. The van der Waals surface area contributed by atoms with E-state index >= 15 is 0 Å². The number of rotatable bonds is 9. The number of ether oxygens (including phenoxy) is 2. The SMILES string of the molecule is CCOc1ccc(OCC(=O)NCCn2nc(-c3ccc(Cl)cc3)ccc2=O)cc1. The first-order valence-corrected chi connectivity index (χ1v) is 9.89. The van der Waals surface area contributed by atoms with Crippen molar-refractivity contribution in [3.05, 3.63) is 76.0 Å². The molecule has 1 aromatic heterocycles. The Balaban J connectivity index is 1.49. The molecule has 7 nitrogen and oxygen atoms in total. The predicted molar refractivity (Wildman–Crippen MR) is 115 cm³/mol. The summed E-state index contributed by atoms with van der Waals surface area (Å²) in [5, 5.41) is 7.70. The van der Waals surface area contributed by atoms with Gasteiger partial charge in [-0.1, -0.05) is 23.7 Å². The second-order valence-corrected chi connectivity index (χ2v) is 6.77. The van der Waals surface area contributed by atoms with Crippen molar-refractivity contribution in [2.24, 2.45) is 0 Å². The van der Waals surface area contributed by atoms with E-state index in [2.05, 4.69) is 10.4 Å². The Hall–Kier alpha value is -3.32. The maximum absolute atomic E-state index is 12.0. The molecule has 30 heavy (non-hydrogen) atoms. The van der Waals surface area contributed by atoms with Crippen molar-refractivity contribution in [2.45, 2.75) is 13.5 Å². The van der Waals surface area contributed by atoms with Crippen molar-refractivity contribution < 1.29 is 14.3 Å². The second-order valence-electron chi connectivity index (χ2n) is 6.33. The molecule has 0 unspecified atom stereocenters. The minimum atomic E-state index is -0.286. The maximum Gasteiger partial charge on any atom is 0.266 e. The third-order valence-electron chi connectivity index (χ3n) is 4.16. The number of benzene rings is 2. The quantitative estimate of drug-likeness (QED) is 0.567. The predicted octanol–water partition coefficient (Wildman–Crippen LogP) is 3.16. The fraction of sp³-hybridized carbons (Fsp3) is 0.227. The number of hydrogen-bond acceptors (Lipinski definition) is 5. The molecule has 0 radical (unpaired) electrons. The average Bonchev–Trinajstić information content (AvgIpc) is 2.75. The Kier molecular flexibility index (Phi) is 7.45. The molecule has 0 aliphatic rings. The summed E-state index contributed by atoms with van der Waals surface area (Å²) >= 11 is 5.91. The van der Waals surface area contributed by atoms with Crippen LogP contribution >= 0.6 is 11.6 Å². The van der Waals surface area contributed by atoms with Crippen LogP contribution in [0, 0.1) is 0 Å². The van der Waals surface area contributed by atoms with E-state index in [0.29, 0.717) is 23.1 Å². The van der Waals surface area contributed by atoms with Crippen molar-refractivity contribution in [3.8, 4) is 22.8 Å². The van der Waals surface area contributed by atoms with Crippen molar-refractivity contribution in [3.63, 3.8) is 0 Å². The molecule has 0 bridgehead atoms. The van der Waals surface area contributed by atoms with Crippen molar-refractivity contribution in [1.82, 2.24) is 15.1 Å². The highest BCUT2D eigenvalue weighted by atomic mass is 35.5. The van der Waals surface area contributed by atoms with E-state index in [-0.39, 0.29) is 31.2 Å². The van der Waals surface area contributed by atoms with Crippen LogP contribution in [0.1, 0.15) is 6.92 Å². The lowest BCUT2D eigenvalue weighted by molar-refractivity contribution is -0.123. The molecule has 0 saturated carbocycles. The third kappa shape index (κ3) is 6.09. The van der Waals surface area contributed by atoms with Gasteiger partial charge in [0.1, 0.15) is 11.5 Å². The first-order chi connectivity index (χ1) is 14.5. The summed E-state index contributed by atoms with van der Waals surface area (Å²) in [7, 11) is 0. The van der Waals surface area contributed by atoms with E-state index in [1.165, 1.54) is 10.7 Å². The number of nitrogens with zero attached hydrogens (tertiary/aromatic N) is 2. The van der Waals surface area contributed by atoms with Gasteiger partial charge in [0.25, 0.3) is 11.5 Å². The highest BCUT2D eigenvalue weighted by molar-refractivity contribution is 6.30. The van der Waals surface area contributed by atoms with Crippen LogP contribution in [-0.4, -0.2) is 35.4 Å². The highest BCUT2D eigenvalue weighted by Gasteiger charge is 2.06. The van der Waals surface area contributed by atoms with Crippen LogP contribution in [0.25, 0.3) is 11.3 Å². The summed E-state index contributed by atoms with van der Waals surface area (Å²) in [6, 6.07) is 17.3. The Labute approximate surface area is 179 Å². The van der Waals surface area contributed by atoms with Crippen LogP contribution in [-0.2, 0) is 11.3 Å². The maximum atomic E-state index is 12.0. The largest absolute Gasteiger partial charge is 0.494 e. The molecular weight excluding hydrogens is 406 g/mol. The van der Waals surface area contributed by atoms with Crippen molar-refractivity contribution >= 4 is 17.5 Å². The zero-order chi connectivity index (χ0) is 21.3. The van der Waals surface area contributed by atoms with E-state index in [1.54, 1.807) is 42.5 Å². The van der Waals surface area contributed by atoms with E-state index in [0.717, 1.165) is 11.3 Å². The van der Waals surface area contributed by atoms with Crippen LogP contribution in [0.4, 0.5) is 0 Å². The zero-order valence-corrected chi connectivity index (χ0v) is 17.3. The lowest BCUT2D eigenvalue weighted by Crippen LogP contribution is -2.34. The molecule has 1 N–H and O–H groups in total. The van der Waals surface area contributed by atoms with Gasteiger partial charge in [0.2, 0.25) is 0 Å². The Morgan fingerprint density at radius 2 is 1.67 bits per heavy atom. The van der Waals surface area contributed by atoms with Gasteiger partial charge >= 0.3 is 0 Å². The Morgan fingerprint density at radius 3 is 2.33 bits per heavy atom. The molecule has 1 amide bonds. The number of nitrogens with one attached hydrogen (secondary N) is 1. The fourth-order valence-electron chi connectivity index (χ4n) is 2.68. The van der Waals surface area contributed by atoms with Gasteiger partial charge in [-0.15, -0.1) is 0 Å². The lowest BCUT2D eigenvalue weighted by Gasteiger charge is -2.10. The number of hydrogen-bond donors (Lipinski definition) is 1. The average molecular weight is 428 g/mol. The van der Waals surface area contributed by atoms with Gasteiger partial charge in [-0.2, -0.15) is 5.10 Å². The minimum absolute atomic E-state index is 0.124. The normalized spacial score (nSPS) is 10.5. The van der Waals surface area contributed by atoms with E-state index < -0.39 is 0 Å². The van der Waals surface area contributed by atoms with Gasteiger partial charge in [0, 0.05) is 23.2 Å². The van der Waals surface area contributed by atoms with E-state index in [9.17, 15) is 9.59 Å². The van der Waals surface area contributed by atoms with Crippen LogP contribution in [0.2, 0.25) is 5.02 Å². The molecule has 3 rings (SSSR count). The van der Waals surface area contributed by atoms with Gasteiger partial charge in [-0.05, 0) is 49.4 Å². The molecular formula is C22H22ClN3O4. The van der Waals surface area contributed by atoms with Gasteiger partial charge in [0.15, 0.2) is 6.61 Å². The number of carbonyl (C=O) groups excluding carboxylic acids is 1. The zero-order valence-electron chi connectivity index (χ0n) is 16.5. The molecule has 0 aliphatic carbocycles. The monoisotopic (exact) mass is 427 g/mol. The van der Waals surface area contributed by atoms with Crippen molar-refractivity contribution in [1.29, 1.82) is 0 Å². The molecule has 3 aromatic rings. The Bertz CT molecular complexity index is 1030. The van der Waals surface area contributed by atoms with Crippen LogP contribution in [0.3, 0.4) is 0 Å². The summed E-state index contributed by atoms with van der Waals surface area (Å²) in [6.07, 6.45) is 0. The summed E-state index contributed by atoms with van der Waals surface area (Å²) in [4.78, 5) is 24.0. The smallest absolute Gasteiger partial charge is 0.266 e. The molecule has 1 heterocycles. The molecule has 8 heteroatoms. The molecule has 0 aliphatic heterocycles. The summed E-state index contributed by atoms with van der Waals surface area (Å²) in [6.45, 7) is 2.87. The lowest BCUT2D eigenvalue weighted by atomic mass is 10.1. The van der Waals surface area contributed by atoms with Crippen LogP contribution in [0.5, 0.6) is 11.5 Å². The molecule has 156 valence electrons. The first kappa shape index (κ1) is 21.4. The first-order valence-electron chi connectivity index (χ1n) is 9.51. The fourth-order valence-corrected chi connectivity index (χ4v) is 2.81. The molecule has 0 saturated heterocycles. The second kappa shape index (κ2) is 10.5. The standard InChI is InChI=1S/C22H22ClN3O4/c1-2-29-18-7-9-19(10-8-18)30-15-21(27)24-13-14-26-22(28)12-11-20(25-26)16-3-5-17(23)6-4-16/h3-12H,2,13-15H2,1H3,(H,24,27). The summed E-state index contributed by atoms with van der Waals surface area (Å²) in [5.74, 6) is 1.03. The third-order valence-corrected chi connectivity index (χ3v) is 4.41. The van der Waals surface area contributed by atoms with Gasteiger partial charge < -0.3 is 14.8 Å². The summed E-state index contributed by atoms with van der Waals surface area (Å²) < 4.78 is 12.1. The van der Waals surface area contributed by atoms with Crippen molar-refractivity contribution in [2.75, 3.05) is 19.8 Å². The van der Waals surface area contributed by atoms with Crippen LogP contribution < -0.4 is 20.3 Å². The van der Waals surface area contributed by atoms with Gasteiger partial charge in [0.05, 0.1) is 18.8 Å². The number of carbonyl (C=O) groups is 1. The number of aromatic nitrogens is 2. The minimum Gasteiger partial charge on any atom is -0.494 e. The van der Waals surface area contributed by atoms with E-state index in [1.807, 2.05) is 19.1 Å².